The van der Waals surface area contributed by atoms with Crippen LogP contribution in [0.25, 0.3) is 160 Å². The van der Waals surface area contributed by atoms with E-state index in [-0.39, 0.29) is 317 Å². The van der Waals surface area contributed by atoms with Crippen LogP contribution in [-0.4, -0.2) is 86.4 Å². The van der Waals surface area contributed by atoms with Crippen LogP contribution in [0.15, 0.2) is 267 Å². The zero-order valence-electron chi connectivity index (χ0n) is 84.8. The number of aromatic nitrogens is 14. The van der Waals surface area contributed by atoms with Gasteiger partial charge in [0.05, 0.1) is 45.3 Å². The summed E-state index contributed by atoms with van der Waals surface area (Å²) in [5.41, 5.74) is 25.0. The molecule has 0 unspecified atom stereocenters. The molecule has 0 fully saturated rings. The number of anilines is 1. The Kier molecular flexibility index (Phi) is 49.1. The minimum atomic E-state index is 0. The molecule has 732 valence electrons. The molecule has 0 aliphatic heterocycles. The van der Waals surface area contributed by atoms with Crippen LogP contribution in [0.3, 0.4) is 0 Å². The summed E-state index contributed by atoms with van der Waals surface area (Å²) in [4.78, 5) is 36.6. The Balaban J connectivity index is 0.000000365. The maximum Gasteiger partial charge on any atom is 0.147 e. The van der Waals surface area contributed by atoms with Crippen molar-refractivity contribution in [3.63, 3.8) is 0 Å². The summed E-state index contributed by atoms with van der Waals surface area (Å²) < 4.78 is 15.9. The summed E-state index contributed by atoms with van der Waals surface area (Å²) >= 11 is 1.67. The van der Waals surface area contributed by atoms with Crippen molar-refractivity contribution in [2.75, 3.05) is 25.3 Å². The second-order valence-corrected chi connectivity index (χ2v) is 38.1. The van der Waals surface area contributed by atoms with E-state index in [0.29, 0.717) is 0 Å². The van der Waals surface area contributed by atoms with Crippen molar-refractivity contribution in [2.45, 2.75) is 128 Å². The normalized spacial score (nSPS) is 10.9. The third-order valence-electron chi connectivity index (χ3n) is 23.8. The Morgan fingerprint density at radius 3 is 1.08 bits per heavy atom. The predicted molar refractivity (Wildman–Crippen MR) is 561 cm³/mol. The largest absolute Gasteiger partial charge is 0.362 e. The van der Waals surface area contributed by atoms with Crippen LogP contribution in [0.5, 0.6) is 0 Å². The zero-order chi connectivity index (χ0) is 88.1. The molecule has 23 aromatic rings. The smallest absolute Gasteiger partial charge is 0.147 e. The van der Waals surface area contributed by atoms with E-state index in [9.17, 15) is 0 Å². The summed E-state index contributed by atoms with van der Waals surface area (Å²) in [7, 11) is 4.02. The Hall–Kier alpha value is -5.19. The third kappa shape index (κ3) is 25.8. The fourth-order valence-corrected chi connectivity index (χ4v) is 18.8. The molecule has 0 amide bonds. The molecule has 0 spiro atoms. The quantitative estimate of drug-likeness (QED) is 0.0789. The zero-order valence-corrected chi connectivity index (χ0v) is 112. The van der Waals surface area contributed by atoms with E-state index < -0.39 is 0 Å². The molecule has 0 N–H and O–H groups in total. The summed E-state index contributed by atoms with van der Waals surface area (Å²) in [6, 6.07) is 96.6. The van der Waals surface area contributed by atoms with Crippen LogP contribution < -0.4 is 4.90 Å². The van der Waals surface area contributed by atoms with E-state index >= 15 is 0 Å². The average molecular weight is 3160 g/mol. The maximum atomic E-state index is 5.35. The molecule has 26 heteroatoms. The summed E-state index contributed by atoms with van der Waals surface area (Å²) in [6.07, 6.45) is 14.1. The summed E-state index contributed by atoms with van der Waals surface area (Å²) in [6.45, 7) is 33.1. The van der Waals surface area contributed by atoms with Gasteiger partial charge in [0.25, 0.3) is 0 Å². The second-order valence-electron chi connectivity index (χ2n) is 37.3. The molecule has 0 atom stereocenters. The van der Waals surface area contributed by atoms with E-state index in [1.807, 2.05) is 86.0 Å². The van der Waals surface area contributed by atoms with Gasteiger partial charge in [-0.25, -0.2) is 9.97 Å². The minimum absolute atomic E-state index is 0. The van der Waals surface area contributed by atoms with Crippen molar-refractivity contribution in [2.24, 2.45) is 16.2 Å². The van der Waals surface area contributed by atoms with Crippen LogP contribution in [0.4, 0.5) is 5.82 Å². The first-order chi connectivity index (χ1) is 61.2. The Bertz CT molecular complexity index is 7990. The van der Waals surface area contributed by atoms with Crippen molar-refractivity contribution in [1.29, 1.82) is 0 Å². The number of aryl methyl sites for hydroxylation is 5. The van der Waals surface area contributed by atoms with Gasteiger partial charge in [0.15, 0.2) is 0 Å². The number of fused-ring (bicyclic) bond motifs is 30. The van der Waals surface area contributed by atoms with Gasteiger partial charge in [-0.1, -0.05) is 221 Å². The van der Waals surface area contributed by atoms with Crippen molar-refractivity contribution < 1.29 is 264 Å². The predicted octanol–water partition coefficient (Wildman–Crippen LogP) is 28.8. The van der Waals surface area contributed by atoms with Gasteiger partial charge in [-0.2, -0.15) is 0 Å². The topological polar surface area (TPSA) is 125 Å². The molecule has 15 nitrogen and oxygen atoms in total. The number of imidazole rings is 7. The summed E-state index contributed by atoms with van der Waals surface area (Å²) in [5, 5.41) is 16.0. The fourth-order valence-electron chi connectivity index (χ4n) is 18.4. The van der Waals surface area contributed by atoms with Gasteiger partial charge < -0.3 is 73.2 Å². The summed E-state index contributed by atoms with van der Waals surface area (Å²) in [5.74, 6) is 3.12. The first kappa shape index (κ1) is 129. The van der Waals surface area contributed by atoms with E-state index in [2.05, 4.69) is 359 Å². The number of pyridine rings is 5. The number of hydrogen-bond acceptors (Lipinski definition) is 9. The number of hydrogen-bond donors (Lipinski definition) is 0. The van der Waals surface area contributed by atoms with E-state index in [1.54, 1.807) is 11.8 Å². The van der Waals surface area contributed by atoms with Crippen LogP contribution in [0.2, 0.25) is 0 Å². The molecule has 12 heterocycles. The van der Waals surface area contributed by atoms with Gasteiger partial charge in [0.1, 0.15) is 33.8 Å². The average Bonchev–Trinajstić information content (AvgIpc) is 1.56. The van der Waals surface area contributed by atoms with Gasteiger partial charge in [0, 0.05) is 374 Å². The first-order valence-electron chi connectivity index (χ1n) is 43.6. The van der Waals surface area contributed by atoms with Gasteiger partial charge in [-0.05, 0) is 119 Å². The van der Waals surface area contributed by atoms with Crippen molar-refractivity contribution in [1.82, 2.24) is 66.0 Å². The maximum absolute atomic E-state index is 5.35. The van der Waals surface area contributed by atoms with Crippen LogP contribution in [-0.2, 0) is 290 Å². The van der Waals surface area contributed by atoms with Crippen LogP contribution >= 0.6 is 11.8 Å². The van der Waals surface area contributed by atoms with Crippen molar-refractivity contribution in [3.8, 4) is 22.5 Å². The van der Waals surface area contributed by atoms with Gasteiger partial charge in [0.2, 0.25) is 0 Å². The number of thioether (sulfide) groups is 1. The molecule has 0 saturated carbocycles. The SMILES string of the molecule is CN(C)c1cn2c3ccccc3c3ccc[c-]c3c2n1.CSc1cn2c3ccccc3c3ccc[c-]c3c2n1.Cc1cccc(C)c1-c1cnc2c3[c-]cccc3c3c(nc(C)n3CC(C)(C)C)n12.Cc1cccc(C)c1-c1cnc2c3[c-]cccc3c3c(nc(CC(C)(C)C)n3CC(C)(C)C)n12.[CH3-].[CH3-].[CH3-].[CH3-].[CH3-].[Ir].[Ir].[Ir].[Ir].[Ir].[Y].[Y].[Y].[Y].[Y].[c-]1cccc2c1c1nc(Cc3ccccc3)cn1c1ccccc21. The number of para-hydroxylation sites is 3. The monoisotopic (exact) mass is 3160 g/mol. The Morgan fingerprint density at radius 1 is 0.338 bits per heavy atom. The molecule has 23 rings (SSSR count). The number of nitrogens with zero attached hydrogens (tertiary/aromatic N) is 15. The number of benzene rings is 11. The Morgan fingerprint density at radius 2 is 0.683 bits per heavy atom. The molecule has 0 bridgehead atoms. The minimum Gasteiger partial charge on any atom is -0.362 e. The third-order valence-corrected chi connectivity index (χ3v) is 24.5. The van der Waals surface area contributed by atoms with E-state index in [1.165, 1.54) is 98.7 Å². The van der Waals surface area contributed by atoms with Crippen molar-refractivity contribution in [3.05, 3.63) is 374 Å². The van der Waals surface area contributed by atoms with E-state index in [0.717, 1.165) is 143 Å². The van der Waals surface area contributed by atoms with Gasteiger partial charge >= 0.3 is 0 Å². The van der Waals surface area contributed by atoms with E-state index in [4.69, 9.17) is 34.9 Å². The van der Waals surface area contributed by atoms with Crippen molar-refractivity contribution >= 4 is 155 Å². The molecule has 0 aliphatic rings. The van der Waals surface area contributed by atoms with Gasteiger partial charge in [-0.3, -0.25) is 24.9 Å². The second kappa shape index (κ2) is 54.0. The first-order valence-corrected chi connectivity index (χ1v) is 44.8. The standard InChI is InChI=1S/C30H35N4.C26H27N4.C22H15N2.C17H14N3.C16H11N2S.5CH3.5Ir.5Y/c1-19-12-11-13-20(2)25(19)23-17-31-27-22-15-10-9-14-21(22)26-28(34(23)27)32-24(16-29(3,4)5)33(26)18-30(6,7)8;1-16-10-9-11-17(2)22(16)21-14-27-24-20-13-8-7-12-19(20)23-25(30(21)24)28-18(3)29(23)15-26(4,5)6;1-2-8-16(9-3-1)14-17-15-24-21-13-7-6-11-19(21)18-10-4-5-12-20(18)22(24)23-17;1-19(2)16-11-20-15-10-6-5-8-13(15)12-7-3-4-9-14(12)17(20)18-16;1-19-15-10-18-14-9-5-4-7-12(14)11-6-2-3-8-13(11)16(18)17-15;;;;;;;;;;;;;;;/h9-14,17H,16,18H2,1-8H3;7-12,14H,15H2,1-6H3;1-11,13,15H,14H2;3-8,10-11H,1-2H3;2-7,9-10H,1H3;5*1H3;;;;;;;;;;/q10*-1;;;;;;;;;;. The number of rotatable bonds is 9. The molecular formula is C116H117Ir5N15SY5-10. The fraction of sp³-hybridized carbons (Fsp3) is 0.207. The molecule has 12 aromatic heterocycles. The Labute approximate surface area is 1040 Å². The van der Waals surface area contributed by atoms with Gasteiger partial charge in [-0.15, -0.1) is 149 Å². The molecule has 0 saturated heterocycles. The van der Waals surface area contributed by atoms with Crippen LogP contribution in [0.1, 0.15) is 107 Å². The molecule has 11 aromatic carbocycles. The molecular weight excluding hydrogens is 3040 g/mol. The molecule has 0 aliphatic carbocycles. The molecule has 10 radical (unpaired) electrons. The molecule has 142 heavy (non-hydrogen) atoms. The van der Waals surface area contributed by atoms with Crippen LogP contribution in [0, 0.1) is 118 Å².